The van der Waals surface area contributed by atoms with Crippen molar-refractivity contribution in [2.45, 2.75) is 13.3 Å². The van der Waals surface area contributed by atoms with E-state index in [-0.39, 0.29) is 17.5 Å². The average Bonchev–Trinajstić information content (AvgIpc) is 2.44. The summed E-state index contributed by atoms with van der Waals surface area (Å²) in [5, 5.41) is 8.80. The Kier molecular flexibility index (Phi) is 4.42. The third-order valence-electron chi connectivity index (χ3n) is 3.17. The summed E-state index contributed by atoms with van der Waals surface area (Å²) in [5.41, 5.74) is 1.55. The fourth-order valence-electron chi connectivity index (χ4n) is 2.19. The molecule has 0 aliphatic heterocycles. The van der Waals surface area contributed by atoms with Gasteiger partial charge in [0, 0.05) is 18.2 Å². The topological polar surface area (TPSA) is 68.5 Å². The molecule has 0 saturated carbocycles. The molecule has 21 heavy (non-hydrogen) atoms. The predicted octanol–water partition coefficient (Wildman–Crippen LogP) is 2.08. The smallest absolute Gasteiger partial charge is 0.308 e. The fourth-order valence-corrected chi connectivity index (χ4v) is 2.19. The number of hydrogen-bond acceptors (Lipinski definition) is 3. The van der Waals surface area contributed by atoms with Crippen LogP contribution in [0.2, 0.25) is 0 Å². The van der Waals surface area contributed by atoms with Gasteiger partial charge in [0.05, 0.1) is 18.7 Å². The van der Waals surface area contributed by atoms with Crippen molar-refractivity contribution in [2.24, 2.45) is 7.05 Å². The Morgan fingerprint density at radius 1 is 1.29 bits per heavy atom. The number of carbonyl (C=O) groups is 1. The summed E-state index contributed by atoms with van der Waals surface area (Å²) >= 11 is 0. The van der Waals surface area contributed by atoms with Crippen LogP contribution in [0.5, 0.6) is 5.75 Å². The summed E-state index contributed by atoms with van der Waals surface area (Å²) in [7, 11) is 1.64. The lowest BCUT2D eigenvalue weighted by molar-refractivity contribution is -0.136. The quantitative estimate of drug-likeness (QED) is 0.914. The van der Waals surface area contributed by atoms with Gasteiger partial charge in [-0.2, -0.15) is 0 Å². The zero-order valence-corrected chi connectivity index (χ0v) is 12.0. The number of carboxylic acids is 1. The van der Waals surface area contributed by atoms with Crippen LogP contribution in [0.4, 0.5) is 0 Å². The van der Waals surface area contributed by atoms with Crippen molar-refractivity contribution in [2.75, 3.05) is 6.61 Å². The first-order chi connectivity index (χ1) is 10.0. The number of nitrogens with zero attached hydrogens (tertiary/aromatic N) is 1. The maximum Gasteiger partial charge on any atom is 0.308 e. The first-order valence-corrected chi connectivity index (χ1v) is 6.67. The zero-order valence-electron chi connectivity index (χ0n) is 12.0. The van der Waals surface area contributed by atoms with Gasteiger partial charge in [-0.1, -0.05) is 18.2 Å². The van der Waals surface area contributed by atoms with E-state index in [2.05, 4.69) is 0 Å². The van der Waals surface area contributed by atoms with Gasteiger partial charge in [-0.15, -0.1) is 0 Å². The molecule has 1 aromatic carbocycles. The van der Waals surface area contributed by atoms with Crippen LogP contribution in [0.25, 0.3) is 11.3 Å². The molecule has 0 radical (unpaired) electrons. The van der Waals surface area contributed by atoms with E-state index in [1.165, 1.54) is 4.57 Å². The van der Waals surface area contributed by atoms with E-state index in [0.29, 0.717) is 6.61 Å². The molecule has 0 aliphatic rings. The highest BCUT2D eigenvalue weighted by molar-refractivity contribution is 5.70. The molecule has 2 aromatic rings. The van der Waals surface area contributed by atoms with E-state index in [0.717, 1.165) is 17.0 Å². The maximum absolute atomic E-state index is 12.2. The van der Waals surface area contributed by atoms with Gasteiger partial charge in [-0.3, -0.25) is 9.59 Å². The number of aromatic nitrogens is 1. The van der Waals surface area contributed by atoms with Crippen molar-refractivity contribution in [3.63, 3.8) is 0 Å². The SMILES string of the molecule is CCOc1cccc(-c2ccc(CC(=O)O)c(=O)n2C)c1. The van der Waals surface area contributed by atoms with Crippen LogP contribution in [0, 0.1) is 0 Å². The first-order valence-electron chi connectivity index (χ1n) is 6.67. The van der Waals surface area contributed by atoms with Crippen LogP contribution in [-0.4, -0.2) is 22.2 Å². The van der Waals surface area contributed by atoms with Crippen molar-refractivity contribution in [3.8, 4) is 17.0 Å². The van der Waals surface area contributed by atoms with Gasteiger partial charge < -0.3 is 14.4 Å². The number of pyridine rings is 1. The van der Waals surface area contributed by atoms with E-state index in [4.69, 9.17) is 9.84 Å². The second-order valence-corrected chi connectivity index (χ2v) is 4.64. The summed E-state index contributed by atoms with van der Waals surface area (Å²) in [5.74, 6) is -0.282. The third kappa shape index (κ3) is 3.31. The normalized spacial score (nSPS) is 10.4. The molecule has 2 rings (SSSR count). The molecule has 1 N–H and O–H groups in total. The third-order valence-corrected chi connectivity index (χ3v) is 3.17. The van der Waals surface area contributed by atoms with E-state index < -0.39 is 5.97 Å². The highest BCUT2D eigenvalue weighted by Crippen LogP contribution is 2.23. The zero-order chi connectivity index (χ0) is 15.4. The van der Waals surface area contributed by atoms with E-state index in [9.17, 15) is 9.59 Å². The number of ether oxygens (including phenoxy) is 1. The standard InChI is InChI=1S/C16H17NO4/c1-3-21-13-6-4-5-11(9-13)14-8-7-12(10-15(18)19)16(20)17(14)2/h4-9H,3,10H2,1-2H3,(H,18,19). The lowest BCUT2D eigenvalue weighted by Crippen LogP contribution is -2.24. The molecule has 1 heterocycles. The van der Waals surface area contributed by atoms with E-state index in [1.54, 1.807) is 19.2 Å². The van der Waals surface area contributed by atoms with Gasteiger partial charge in [-0.05, 0) is 25.1 Å². The lowest BCUT2D eigenvalue weighted by Gasteiger charge is -2.11. The predicted molar refractivity (Wildman–Crippen MR) is 79.6 cm³/mol. The lowest BCUT2D eigenvalue weighted by atomic mass is 10.1. The molecule has 5 nitrogen and oxygen atoms in total. The molecular formula is C16H17NO4. The van der Waals surface area contributed by atoms with Crippen LogP contribution in [0.1, 0.15) is 12.5 Å². The van der Waals surface area contributed by atoms with Crippen molar-refractivity contribution >= 4 is 5.97 Å². The second-order valence-electron chi connectivity index (χ2n) is 4.64. The van der Waals surface area contributed by atoms with Gasteiger partial charge >= 0.3 is 5.97 Å². The van der Waals surface area contributed by atoms with E-state index in [1.807, 2.05) is 31.2 Å². The van der Waals surface area contributed by atoms with Crippen LogP contribution >= 0.6 is 0 Å². The van der Waals surface area contributed by atoms with Gasteiger partial charge in [0.2, 0.25) is 0 Å². The second kappa shape index (κ2) is 6.26. The minimum atomic E-state index is -1.02. The summed E-state index contributed by atoms with van der Waals surface area (Å²) in [6, 6.07) is 10.8. The van der Waals surface area contributed by atoms with Crippen molar-refractivity contribution in [3.05, 3.63) is 52.3 Å². The Bertz CT molecular complexity index is 718. The van der Waals surface area contributed by atoms with Crippen LogP contribution in [0.3, 0.4) is 0 Å². The van der Waals surface area contributed by atoms with Gasteiger partial charge in [-0.25, -0.2) is 0 Å². The Morgan fingerprint density at radius 2 is 2.05 bits per heavy atom. The van der Waals surface area contributed by atoms with Crippen molar-refractivity contribution < 1.29 is 14.6 Å². The number of aliphatic carboxylic acids is 1. The highest BCUT2D eigenvalue weighted by atomic mass is 16.5. The Labute approximate surface area is 122 Å². The summed E-state index contributed by atoms with van der Waals surface area (Å²) in [6.07, 6.45) is -0.272. The van der Waals surface area contributed by atoms with Gasteiger partial charge in [0.1, 0.15) is 5.75 Å². The first kappa shape index (κ1) is 14.8. The number of carboxylic acid groups (broad SMARTS) is 1. The molecule has 110 valence electrons. The number of benzene rings is 1. The highest BCUT2D eigenvalue weighted by Gasteiger charge is 2.10. The molecule has 0 amide bonds. The van der Waals surface area contributed by atoms with Crippen LogP contribution in [0.15, 0.2) is 41.2 Å². The molecule has 5 heteroatoms. The molecule has 0 atom stereocenters. The monoisotopic (exact) mass is 287 g/mol. The van der Waals surface area contributed by atoms with E-state index >= 15 is 0 Å². The fraction of sp³-hybridized carbons (Fsp3) is 0.250. The summed E-state index contributed by atoms with van der Waals surface area (Å²) in [4.78, 5) is 22.9. The van der Waals surface area contributed by atoms with Gasteiger partial charge in [0.25, 0.3) is 5.56 Å². The Morgan fingerprint density at radius 3 is 2.71 bits per heavy atom. The molecule has 0 bridgehead atoms. The van der Waals surface area contributed by atoms with Crippen molar-refractivity contribution in [1.82, 2.24) is 4.57 Å². The molecular weight excluding hydrogens is 270 g/mol. The molecule has 0 spiro atoms. The largest absolute Gasteiger partial charge is 0.494 e. The minimum absolute atomic E-state index is 0.272. The van der Waals surface area contributed by atoms with Crippen LogP contribution in [-0.2, 0) is 18.3 Å². The molecule has 0 aliphatic carbocycles. The Hall–Kier alpha value is -2.56. The molecule has 1 aromatic heterocycles. The summed E-state index contributed by atoms with van der Waals surface area (Å²) in [6.45, 7) is 2.48. The Balaban J connectivity index is 2.45. The number of rotatable bonds is 5. The molecule has 0 fully saturated rings. The number of hydrogen-bond donors (Lipinski definition) is 1. The molecule has 0 saturated heterocycles. The molecule has 0 unspecified atom stereocenters. The summed E-state index contributed by atoms with van der Waals surface area (Å²) < 4.78 is 6.91. The average molecular weight is 287 g/mol. The van der Waals surface area contributed by atoms with Crippen LogP contribution < -0.4 is 10.3 Å². The van der Waals surface area contributed by atoms with Crippen molar-refractivity contribution in [1.29, 1.82) is 0 Å². The van der Waals surface area contributed by atoms with Gasteiger partial charge in [0.15, 0.2) is 0 Å². The maximum atomic E-state index is 12.2. The minimum Gasteiger partial charge on any atom is -0.494 e.